The highest BCUT2D eigenvalue weighted by Crippen LogP contribution is 2.16. The maximum atomic E-state index is 12.0. The minimum absolute atomic E-state index is 0.0722. The number of aryl methyl sites for hydroxylation is 1. The number of hydrogen-bond acceptors (Lipinski definition) is 4. The first-order valence-corrected chi connectivity index (χ1v) is 7.28. The van der Waals surface area contributed by atoms with Gasteiger partial charge < -0.3 is 10.6 Å². The Morgan fingerprint density at radius 1 is 1.37 bits per heavy atom. The summed E-state index contributed by atoms with van der Waals surface area (Å²) >= 11 is 0. The van der Waals surface area contributed by atoms with Gasteiger partial charge in [-0.1, -0.05) is 0 Å². The number of nitrogens with two attached hydrogens (primary N) is 1. The van der Waals surface area contributed by atoms with Crippen molar-refractivity contribution in [3.8, 4) is 0 Å². The number of carbonyl (C=O) groups is 1. The van der Waals surface area contributed by atoms with E-state index in [4.69, 9.17) is 5.73 Å². The average Bonchev–Trinajstić information content (AvgIpc) is 2.32. The average molecular weight is 285 g/mol. The van der Waals surface area contributed by atoms with Gasteiger partial charge in [-0.3, -0.25) is 4.79 Å². The Balaban J connectivity index is 2.71. The van der Waals surface area contributed by atoms with Gasteiger partial charge in [0.05, 0.1) is 4.90 Å². The smallest absolute Gasteiger partial charge is 0.240 e. The summed E-state index contributed by atoms with van der Waals surface area (Å²) in [5.74, 6) is -0.129. The first kappa shape index (κ1) is 15.5. The SMILES string of the molecule is Cc1cc(S(=O)(=O)NCCC(=O)N(C)C)ccc1N. The molecule has 1 aromatic carbocycles. The van der Waals surface area contributed by atoms with Crippen molar-refractivity contribution in [1.29, 1.82) is 0 Å². The molecule has 0 aliphatic rings. The summed E-state index contributed by atoms with van der Waals surface area (Å²) < 4.78 is 26.3. The van der Waals surface area contributed by atoms with Gasteiger partial charge in [0.1, 0.15) is 0 Å². The molecule has 0 aliphatic carbocycles. The summed E-state index contributed by atoms with van der Waals surface area (Å²) in [5.41, 5.74) is 6.88. The molecule has 1 rings (SSSR count). The van der Waals surface area contributed by atoms with Crippen LogP contribution in [-0.2, 0) is 14.8 Å². The Morgan fingerprint density at radius 2 is 2.00 bits per heavy atom. The van der Waals surface area contributed by atoms with E-state index in [0.717, 1.165) is 0 Å². The second kappa shape index (κ2) is 6.03. The van der Waals surface area contributed by atoms with Gasteiger partial charge in [-0.05, 0) is 30.7 Å². The Bertz CT molecular complexity index is 568. The van der Waals surface area contributed by atoms with Crippen molar-refractivity contribution in [3.05, 3.63) is 23.8 Å². The van der Waals surface area contributed by atoms with E-state index in [9.17, 15) is 13.2 Å². The second-order valence-corrected chi connectivity index (χ2v) is 6.22. The number of anilines is 1. The van der Waals surface area contributed by atoms with E-state index in [1.54, 1.807) is 27.1 Å². The minimum atomic E-state index is -3.60. The van der Waals surface area contributed by atoms with Crippen LogP contribution in [0.25, 0.3) is 0 Å². The molecule has 19 heavy (non-hydrogen) atoms. The molecule has 106 valence electrons. The summed E-state index contributed by atoms with van der Waals surface area (Å²) in [4.78, 5) is 12.9. The first-order valence-electron chi connectivity index (χ1n) is 5.80. The molecule has 6 nitrogen and oxygen atoms in total. The van der Waals surface area contributed by atoms with Crippen LogP contribution in [0.3, 0.4) is 0 Å². The van der Waals surface area contributed by atoms with Gasteiger partial charge in [-0.15, -0.1) is 0 Å². The zero-order chi connectivity index (χ0) is 14.6. The van der Waals surface area contributed by atoms with Gasteiger partial charge in [0.15, 0.2) is 0 Å². The van der Waals surface area contributed by atoms with Crippen LogP contribution < -0.4 is 10.5 Å². The predicted molar refractivity (Wildman–Crippen MR) is 74.1 cm³/mol. The number of amides is 1. The predicted octanol–water partition coefficient (Wildman–Crippen LogP) is 0.334. The third kappa shape index (κ3) is 4.22. The number of nitrogens with one attached hydrogen (secondary N) is 1. The van der Waals surface area contributed by atoms with E-state index < -0.39 is 10.0 Å². The molecule has 0 radical (unpaired) electrons. The van der Waals surface area contributed by atoms with Crippen LogP contribution in [0.4, 0.5) is 5.69 Å². The molecule has 0 saturated heterocycles. The second-order valence-electron chi connectivity index (χ2n) is 4.45. The molecule has 0 aromatic heterocycles. The summed E-state index contributed by atoms with van der Waals surface area (Å²) in [6.45, 7) is 1.81. The monoisotopic (exact) mass is 285 g/mol. The molecule has 7 heteroatoms. The lowest BCUT2D eigenvalue weighted by Gasteiger charge is -2.11. The number of benzene rings is 1. The van der Waals surface area contributed by atoms with E-state index >= 15 is 0 Å². The van der Waals surface area contributed by atoms with Gasteiger partial charge in [-0.25, -0.2) is 13.1 Å². The number of nitrogens with zero attached hydrogens (tertiary/aromatic N) is 1. The fourth-order valence-electron chi connectivity index (χ4n) is 1.41. The number of nitrogen functional groups attached to an aromatic ring is 1. The summed E-state index contributed by atoms with van der Waals surface area (Å²) in [6.07, 6.45) is 0.125. The van der Waals surface area contributed by atoms with Crippen molar-refractivity contribution in [1.82, 2.24) is 9.62 Å². The number of carbonyl (C=O) groups excluding carboxylic acids is 1. The summed E-state index contributed by atoms with van der Waals surface area (Å²) in [6, 6.07) is 4.50. The lowest BCUT2D eigenvalue weighted by atomic mass is 10.2. The van der Waals surface area contributed by atoms with Crippen molar-refractivity contribution in [2.24, 2.45) is 0 Å². The van der Waals surface area contributed by atoms with Gasteiger partial charge in [0.25, 0.3) is 0 Å². The molecule has 1 aromatic rings. The minimum Gasteiger partial charge on any atom is -0.399 e. The van der Waals surface area contributed by atoms with Gasteiger partial charge >= 0.3 is 0 Å². The number of rotatable bonds is 5. The molecule has 0 spiro atoms. The normalized spacial score (nSPS) is 11.3. The van der Waals surface area contributed by atoms with Crippen molar-refractivity contribution >= 4 is 21.6 Å². The van der Waals surface area contributed by atoms with Gasteiger partial charge in [0, 0.05) is 32.7 Å². The third-order valence-corrected chi connectivity index (χ3v) is 4.14. The quantitative estimate of drug-likeness (QED) is 0.763. The fourth-order valence-corrected chi connectivity index (χ4v) is 2.53. The van der Waals surface area contributed by atoms with Crippen LogP contribution in [0.2, 0.25) is 0 Å². The van der Waals surface area contributed by atoms with E-state index in [1.165, 1.54) is 17.0 Å². The van der Waals surface area contributed by atoms with Crippen LogP contribution in [0.1, 0.15) is 12.0 Å². The molecule has 0 unspecified atom stereocenters. The van der Waals surface area contributed by atoms with E-state index in [1.807, 2.05) is 0 Å². The number of hydrogen-bond donors (Lipinski definition) is 2. The molecule has 0 fully saturated rings. The first-order chi connectivity index (χ1) is 8.74. The fraction of sp³-hybridized carbons (Fsp3) is 0.417. The van der Waals surface area contributed by atoms with Crippen molar-refractivity contribution in [2.45, 2.75) is 18.2 Å². The molecular weight excluding hydrogens is 266 g/mol. The zero-order valence-electron chi connectivity index (χ0n) is 11.3. The van der Waals surface area contributed by atoms with Crippen LogP contribution in [0, 0.1) is 6.92 Å². The topological polar surface area (TPSA) is 92.5 Å². The van der Waals surface area contributed by atoms with E-state index in [-0.39, 0.29) is 23.8 Å². The largest absolute Gasteiger partial charge is 0.399 e. The van der Waals surface area contributed by atoms with Crippen molar-refractivity contribution in [2.75, 3.05) is 26.4 Å². The number of sulfonamides is 1. The molecule has 0 saturated carbocycles. The Hall–Kier alpha value is -1.60. The Kier molecular flexibility index (Phi) is 4.90. The molecule has 3 N–H and O–H groups in total. The van der Waals surface area contributed by atoms with Crippen LogP contribution in [-0.4, -0.2) is 39.9 Å². The molecule has 0 bridgehead atoms. The van der Waals surface area contributed by atoms with Crippen molar-refractivity contribution < 1.29 is 13.2 Å². The van der Waals surface area contributed by atoms with Crippen LogP contribution in [0.5, 0.6) is 0 Å². The Labute approximate surface area is 113 Å². The third-order valence-electron chi connectivity index (χ3n) is 2.68. The van der Waals surface area contributed by atoms with E-state index in [2.05, 4.69) is 4.72 Å². The maximum Gasteiger partial charge on any atom is 0.240 e. The highest BCUT2D eigenvalue weighted by atomic mass is 32.2. The standard InChI is InChI=1S/C12H19N3O3S/c1-9-8-10(4-5-11(9)13)19(17,18)14-7-6-12(16)15(2)3/h4-5,8,14H,6-7,13H2,1-3H3. The van der Waals surface area contributed by atoms with Crippen molar-refractivity contribution in [3.63, 3.8) is 0 Å². The molecule has 0 atom stereocenters. The van der Waals surface area contributed by atoms with Gasteiger partial charge in [-0.2, -0.15) is 0 Å². The zero-order valence-corrected chi connectivity index (χ0v) is 12.1. The molecular formula is C12H19N3O3S. The van der Waals surface area contributed by atoms with Crippen LogP contribution >= 0.6 is 0 Å². The highest BCUT2D eigenvalue weighted by molar-refractivity contribution is 7.89. The summed E-state index contributed by atoms with van der Waals surface area (Å²) in [7, 11) is -0.347. The molecule has 0 aliphatic heterocycles. The molecule has 0 heterocycles. The molecule has 1 amide bonds. The summed E-state index contributed by atoms with van der Waals surface area (Å²) in [5, 5.41) is 0. The Morgan fingerprint density at radius 3 is 2.53 bits per heavy atom. The maximum absolute atomic E-state index is 12.0. The van der Waals surface area contributed by atoms with E-state index in [0.29, 0.717) is 11.3 Å². The van der Waals surface area contributed by atoms with Gasteiger partial charge in [0.2, 0.25) is 15.9 Å². The lowest BCUT2D eigenvalue weighted by Crippen LogP contribution is -2.30. The highest BCUT2D eigenvalue weighted by Gasteiger charge is 2.15. The lowest BCUT2D eigenvalue weighted by molar-refractivity contribution is -0.128. The van der Waals surface area contributed by atoms with Crippen LogP contribution in [0.15, 0.2) is 23.1 Å².